The summed E-state index contributed by atoms with van der Waals surface area (Å²) < 4.78 is 6.27. The first-order valence-corrected chi connectivity index (χ1v) is 10.6. The second-order valence-corrected chi connectivity index (χ2v) is 9.41. The Hall–Kier alpha value is -1.14. The molecule has 0 aromatic carbocycles. The van der Waals surface area contributed by atoms with Gasteiger partial charge in [0.1, 0.15) is 0 Å². The summed E-state index contributed by atoms with van der Waals surface area (Å²) in [5, 5.41) is 3.21. The summed E-state index contributed by atoms with van der Waals surface area (Å²) in [5.41, 5.74) is 0.151. The first-order chi connectivity index (χ1) is 12.8. The Morgan fingerprint density at radius 3 is 2.63 bits per heavy atom. The molecule has 2 aliphatic carbocycles. The van der Waals surface area contributed by atoms with Crippen molar-refractivity contribution in [2.45, 2.75) is 69.9 Å². The van der Waals surface area contributed by atoms with Crippen LogP contribution in [-0.4, -0.2) is 74.1 Å². The molecule has 6 heteroatoms. The molecule has 1 N–H and O–H groups in total. The number of hydrogen-bond acceptors (Lipinski definition) is 4. The Labute approximate surface area is 164 Å². The van der Waals surface area contributed by atoms with Crippen molar-refractivity contribution in [3.63, 3.8) is 0 Å². The van der Waals surface area contributed by atoms with Gasteiger partial charge in [0.15, 0.2) is 0 Å². The molecule has 4 atom stereocenters. The van der Waals surface area contributed by atoms with Crippen molar-refractivity contribution < 1.29 is 14.3 Å². The normalized spacial score (nSPS) is 34.6. The fourth-order valence-corrected chi connectivity index (χ4v) is 5.68. The summed E-state index contributed by atoms with van der Waals surface area (Å²) in [6.07, 6.45) is 7.44. The van der Waals surface area contributed by atoms with Crippen LogP contribution in [0, 0.1) is 11.3 Å². The summed E-state index contributed by atoms with van der Waals surface area (Å²) in [7, 11) is 5.88. The van der Waals surface area contributed by atoms with Crippen LogP contribution in [0.15, 0.2) is 0 Å². The molecule has 3 fully saturated rings. The molecule has 1 unspecified atom stereocenters. The van der Waals surface area contributed by atoms with Crippen molar-refractivity contribution in [1.82, 2.24) is 15.1 Å². The molecule has 27 heavy (non-hydrogen) atoms. The third kappa shape index (κ3) is 4.16. The van der Waals surface area contributed by atoms with E-state index in [2.05, 4.69) is 17.1 Å². The number of nitrogens with zero attached hydrogens (tertiary/aromatic N) is 2. The Balaban J connectivity index is 1.44. The number of nitrogens with one attached hydrogen (secondary N) is 1. The zero-order valence-electron chi connectivity index (χ0n) is 17.6. The molecule has 3 rings (SSSR count). The molecule has 0 spiro atoms. The minimum Gasteiger partial charge on any atom is -0.372 e. The van der Waals surface area contributed by atoms with Crippen molar-refractivity contribution in [3.8, 4) is 0 Å². The van der Waals surface area contributed by atoms with Crippen LogP contribution in [0.5, 0.6) is 0 Å². The van der Waals surface area contributed by atoms with Crippen LogP contribution in [0.3, 0.4) is 0 Å². The van der Waals surface area contributed by atoms with Crippen LogP contribution in [0.2, 0.25) is 0 Å². The molecule has 6 nitrogen and oxygen atoms in total. The Bertz CT molecular complexity index is 567. The largest absolute Gasteiger partial charge is 0.372 e. The molecule has 0 aromatic heterocycles. The van der Waals surface area contributed by atoms with Gasteiger partial charge in [-0.1, -0.05) is 6.42 Å². The SMILES string of the molecule is CN(C)CCCN(C)C(=O)CCC(=O)N[C@H]1CC[C@@]23CCCC2[C@]1(C)OC3. The van der Waals surface area contributed by atoms with E-state index in [0.717, 1.165) is 39.0 Å². The smallest absolute Gasteiger partial charge is 0.222 e. The van der Waals surface area contributed by atoms with Gasteiger partial charge in [0.2, 0.25) is 11.8 Å². The number of hydrogen-bond donors (Lipinski definition) is 1. The quantitative estimate of drug-likeness (QED) is 0.701. The number of carbonyl (C=O) groups is 2. The molecule has 1 heterocycles. The fraction of sp³-hybridized carbons (Fsp3) is 0.905. The standard InChI is InChI=1S/C21H37N3O3/c1-20-16-7-5-11-21(16,15-27-20)12-10-17(20)22-18(25)8-9-19(26)24(4)14-6-13-23(2)3/h16-17H,5-15H2,1-4H3,(H,22,25)/t16?,17-,20-,21+/m0/s1. The molecule has 2 bridgehead atoms. The lowest BCUT2D eigenvalue weighted by Gasteiger charge is -2.45. The summed E-state index contributed by atoms with van der Waals surface area (Å²) in [6.45, 7) is 4.74. The molecular formula is C21H37N3O3. The van der Waals surface area contributed by atoms with E-state index in [4.69, 9.17) is 4.74 Å². The molecule has 1 aliphatic heterocycles. The molecule has 3 aliphatic rings. The Morgan fingerprint density at radius 1 is 1.11 bits per heavy atom. The van der Waals surface area contributed by atoms with Crippen molar-refractivity contribution in [2.24, 2.45) is 11.3 Å². The van der Waals surface area contributed by atoms with Crippen LogP contribution in [-0.2, 0) is 14.3 Å². The van der Waals surface area contributed by atoms with Crippen LogP contribution < -0.4 is 5.32 Å². The van der Waals surface area contributed by atoms with Gasteiger partial charge in [-0.05, 0) is 71.0 Å². The summed E-state index contributed by atoms with van der Waals surface area (Å²) >= 11 is 0. The number of carbonyl (C=O) groups excluding carboxylic acids is 2. The minimum atomic E-state index is -0.225. The maximum Gasteiger partial charge on any atom is 0.222 e. The first kappa shape index (κ1) is 20.6. The summed E-state index contributed by atoms with van der Waals surface area (Å²) in [4.78, 5) is 28.6. The molecule has 154 valence electrons. The topological polar surface area (TPSA) is 61.9 Å². The molecule has 1 saturated heterocycles. The van der Waals surface area contributed by atoms with Gasteiger partial charge in [0.05, 0.1) is 18.2 Å². The lowest BCUT2D eigenvalue weighted by atomic mass is 9.62. The highest BCUT2D eigenvalue weighted by Crippen LogP contribution is 2.62. The second-order valence-electron chi connectivity index (χ2n) is 9.41. The third-order valence-corrected chi connectivity index (χ3v) is 7.32. The predicted octanol–water partition coefficient (Wildman–Crippen LogP) is 2.03. The van der Waals surface area contributed by atoms with Gasteiger partial charge in [0.25, 0.3) is 0 Å². The van der Waals surface area contributed by atoms with E-state index in [1.165, 1.54) is 19.3 Å². The molecular weight excluding hydrogens is 342 g/mol. The molecule has 2 saturated carbocycles. The predicted molar refractivity (Wildman–Crippen MR) is 105 cm³/mol. The van der Waals surface area contributed by atoms with Crippen molar-refractivity contribution in [3.05, 3.63) is 0 Å². The first-order valence-electron chi connectivity index (χ1n) is 10.6. The van der Waals surface area contributed by atoms with Crippen LogP contribution in [0.25, 0.3) is 0 Å². The van der Waals surface area contributed by atoms with Crippen molar-refractivity contribution in [2.75, 3.05) is 40.8 Å². The van der Waals surface area contributed by atoms with Crippen molar-refractivity contribution in [1.29, 1.82) is 0 Å². The van der Waals surface area contributed by atoms with Gasteiger partial charge in [-0.2, -0.15) is 0 Å². The second kappa shape index (κ2) is 8.08. The van der Waals surface area contributed by atoms with E-state index in [9.17, 15) is 9.59 Å². The van der Waals surface area contributed by atoms with E-state index in [-0.39, 0.29) is 36.3 Å². The zero-order chi connectivity index (χ0) is 19.7. The third-order valence-electron chi connectivity index (χ3n) is 7.32. The molecule has 0 aromatic rings. The van der Waals surface area contributed by atoms with Crippen LogP contribution >= 0.6 is 0 Å². The Morgan fingerprint density at radius 2 is 1.89 bits per heavy atom. The van der Waals surface area contributed by atoms with Gasteiger partial charge >= 0.3 is 0 Å². The van der Waals surface area contributed by atoms with Gasteiger partial charge in [0, 0.05) is 26.4 Å². The van der Waals surface area contributed by atoms with Gasteiger partial charge in [-0.25, -0.2) is 0 Å². The maximum atomic E-state index is 12.5. The lowest BCUT2D eigenvalue weighted by Crippen LogP contribution is -2.57. The van der Waals surface area contributed by atoms with Gasteiger partial charge in [-0.3, -0.25) is 9.59 Å². The van der Waals surface area contributed by atoms with Crippen molar-refractivity contribution >= 4 is 11.8 Å². The Kier molecular flexibility index (Phi) is 6.16. The average molecular weight is 380 g/mol. The van der Waals surface area contributed by atoms with E-state index >= 15 is 0 Å². The lowest BCUT2D eigenvalue weighted by molar-refractivity contribution is -0.133. The monoisotopic (exact) mass is 379 g/mol. The van der Waals surface area contributed by atoms with E-state index in [1.807, 2.05) is 21.1 Å². The highest BCUT2D eigenvalue weighted by Gasteiger charge is 2.63. The minimum absolute atomic E-state index is 0.0164. The van der Waals surface area contributed by atoms with Gasteiger partial charge < -0.3 is 19.9 Å². The maximum absolute atomic E-state index is 12.5. The van der Waals surface area contributed by atoms with E-state index in [1.54, 1.807) is 4.90 Å². The van der Waals surface area contributed by atoms with Gasteiger partial charge in [-0.15, -0.1) is 0 Å². The fourth-order valence-electron chi connectivity index (χ4n) is 5.68. The van der Waals surface area contributed by atoms with E-state index < -0.39 is 0 Å². The van der Waals surface area contributed by atoms with Crippen LogP contribution in [0.4, 0.5) is 0 Å². The number of amides is 2. The molecule has 0 radical (unpaired) electrons. The number of ether oxygens (including phenoxy) is 1. The highest BCUT2D eigenvalue weighted by atomic mass is 16.5. The van der Waals surface area contributed by atoms with Crippen LogP contribution in [0.1, 0.15) is 58.3 Å². The summed E-state index contributed by atoms with van der Waals surface area (Å²) in [5.74, 6) is 0.608. The highest BCUT2D eigenvalue weighted by molar-refractivity contribution is 5.83. The zero-order valence-corrected chi connectivity index (χ0v) is 17.6. The number of rotatable bonds is 8. The van der Waals surface area contributed by atoms with E-state index in [0.29, 0.717) is 11.3 Å². The summed E-state index contributed by atoms with van der Waals surface area (Å²) in [6, 6.07) is 0.0802. The molecule has 2 amide bonds. The average Bonchev–Trinajstić information content (AvgIpc) is 3.12.